The zero-order chi connectivity index (χ0) is 16.9. The van der Waals surface area contributed by atoms with E-state index in [1.165, 1.54) is 11.6 Å². The third-order valence-corrected chi connectivity index (χ3v) is 4.62. The van der Waals surface area contributed by atoms with Gasteiger partial charge in [0.2, 0.25) is 5.91 Å². The van der Waals surface area contributed by atoms with E-state index in [2.05, 4.69) is 36.5 Å². The predicted octanol–water partition coefficient (Wildman–Crippen LogP) is 4.88. The lowest BCUT2D eigenvalue weighted by atomic mass is 10.0. The van der Waals surface area contributed by atoms with Crippen molar-refractivity contribution >= 4 is 23.3 Å². The molecule has 0 bridgehead atoms. The van der Waals surface area contributed by atoms with E-state index in [0.717, 1.165) is 16.2 Å². The van der Waals surface area contributed by atoms with Gasteiger partial charge in [0.25, 0.3) is 0 Å². The lowest BCUT2D eigenvalue weighted by Gasteiger charge is -2.17. The lowest BCUT2D eigenvalue weighted by Crippen LogP contribution is -2.27. The van der Waals surface area contributed by atoms with E-state index >= 15 is 0 Å². The molecule has 1 aromatic carbocycles. The van der Waals surface area contributed by atoms with Crippen molar-refractivity contribution in [2.24, 2.45) is 0 Å². The lowest BCUT2D eigenvalue weighted by molar-refractivity contribution is -0.116. The van der Waals surface area contributed by atoms with Crippen LogP contribution in [0.5, 0.6) is 0 Å². The van der Waals surface area contributed by atoms with Gasteiger partial charge in [0, 0.05) is 11.0 Å². The van der Waals surface area contributed by atoms with Crippen LogP contribution < -0.4 is 5.32 Å². The number of nitrogens with one attached hydrogen (secondary N) is 1. The fourth-order valence-electron chi connectivity index (χ4n) is 2.42. The van der Waals surface area contributed by atoms with Crippen LogP contribution in [0.15, 0.2) is 64.4 Å². The van der Waals surface area contributed by atoms with E-state index < -0.39 is 0 Å². The van der Waals surface area contributed by atoms with Crippen LogP contribution in [-0.4, -0.2) is 5.91 Å². The molecular formula is C20H19NO2S. The second kappa shape index (κ2) is 7.32. The summed E-state index contributed by atoms with van der Waals surface area (Å²) < 4.78 is 5.44. The molecule has 0 fully saturated rings. The second-order valence-corrected chi connectivity index (χ2v) is 6.63. The van der Waals surface area contributed by atoms with Gasteiger partial charge in [0.1, 0.15) is 11.5 Å². The summed E-state index contributed by atoms with van der Waals surface area (Å²) >= 11 is 1.63. The summed E-state index contributed by atoms with van der Waals surface area (Å²) in [5, 5.41) is 5.09. The SMILES string of the molecule is Cc1ccc(C(NC(=O)/C=C/c2ccc(C)o2)c2cccs2)cc1. The van der Waals surface area contributed by atoms with Crippen molar-refractivity contribution in [1.29, 1.82) is 0 Å². The first-order valence-electron chi connectivity index (χ1n) is 7.77. The minimum Gasteiger partial charge on any atom is -0.462 e. The monoisotopic (exact) mass is 337 g/mol. The van der Waals surface area contributed by atoms with Crippen LogP contribution in [0.2, 0.25) is 0 Å². The molecule has 0 aliphatic rings. The molecule has 3 rings (SSSR count). The minimum absolute atomic E-state index is 0.150. The van der Waals surface area contributed by atoms with Crippen LogP contribution >= 0.6 is 11.3 Å². The van der Waals surface area contributed by atoms with Crippen molar-refractivity contribution in [2.75, 3.05) is 0 Å². The van der Waals surface area contributed by atoms with Crippen LogP contribution in [-0.2, 0) is 4.79 Å². The highest BCUT2D eigenvalue weighted by atomic mass is 32.1. The van der Waals surface area contributed by atoms with Gasteiger partial charge in [0.15, 0.2) is 0 Å². The van der Waals surface area contributed by atoms with Gasteiger partial charge in [-0.25, -0.2) is 0 Å². The number of aryl methyl sites for hydroxylation is 2. The third-order valence-electron chi connectivity index (χ3n) is 3.69. The largest absolute Gasteiger partial charge is 0.462 e. The topological polar surface area (TPSA) is 42.2 Å². The maximum atomic E-state index is 12.3. The molecule has 3 nitrogen and oxygen atoms in total. The predicted molar refractivity (Wildman–Crippen MR) is 98.0 cm³/mol. The highest BCUT2D eigenvalue weighted by Crippen LogP contribution is 2.26. The first-order chi connectivity index (χ1) is 11.6. The average molecular weight is 337 g/mol. The Labute approximate surface area is 145 Å². The number of hydrogen-bond acceptors (Lipinski definition) is 3. The van der Waals surface area contributed by atoms with E-state index in [0.29, 0.717) is 5.76 Å². The number of carbonyl (C=O) groups is 1. The minimum atomic E-state index is -0.152. The van der Waals surface area contributed by atoms with Gasteiger partial charge in [-0.15, -0.1) is 11.3 Å². The molecule has 1 N–H and O–H groups in total. The van der Waals surface area contributed by atoms with E-state index in [4.69, 9.17) is 4.42 Å². The van der Waals surface area contributed by atoms with Gasteiger partial charge >= 0.3 is 0 Å². The molecule has 122 valence electrons. The average Bonchev–Trinajstić information content (AvgIpc) is 3.23. The van der Waals surface area contributed by atoms with E-state index in [9.17, 15) is 4.79 Å². The highest BCUT2D eigenvalue weighted by molar-refractivity contribution is 7.10. The van der Waals surface area contributed by atoms with Crippen molar-refractivity contribution < 1.29 is 9.21 Å². The van der Waals surface area contributed by atoms with E-state index in [1.807, 2.05) is 36.6 Å². The molecule has 0 spiro atoms. The molecule has 4 heteroatoms. The maximum Gasteiger partial charge on any atom is 0.244 e. The molecular weight excluding hydrogens is 318 g/mol. The fourth-order valence-corrected chi connectivity index (χ4v) is 3.23. The molecule has 1 amide bonds. The van der Waals surface area contributed by atoms with Crippen molar-refractivity contribution in [3.63, 3.8) is 0 Å². The number of rotatable bonds is 5. The van der Waals surface area contributed by atoms with Gasteiger partial charge in [-0.2, -0.15) is 0 Å². The van der Waals surface area contributed by atoms with E-state index in [-0.39, 0.29) is 11.9 Å². The zero-order valence-corrected chi connectivity index (χ0v) is 14.5. The maximum absolute atomic E-state index is 12.3. The van der Waals surface area contributed by atoms with Gasteiger partial charge < -0.3 is 9.73 Å². The Bertz CT molecular complexity index is 829. The Balaban J connectivity index is 1.78. The third kappa shape index (κ3) is 4.03. The molecule has 24 heavy (non-hydrogen) atoms. The number of carbonyl (C=O) groups excluding carboxylic acids is 1. The van der Waals surface area contributed by atoms with Crippen LogP contribution in [0, 0.1) is 13.8 Å². The Morgan fingerprint density at radius 1 is 1.12 bits per heavy atom. The van der Waals surface area contributed by atoms with Gasteiger partial charge in [-0.1, -0.05) is 35.9 Å². The van der Waals surface area contributed by atoms with Crippen LogP contribution in [0.1, 0.15) is 33.6 Å². The Kier molecular flexibility index (Phi) is 4.96. The summed E-state index contributed by atoms with van der Waals surface area (Å²) in [5.41, 5.74) is 2.27. The summed E-state index contributed by atoms with van der Waals surface area (Å²) in [7, 11) is 0. The molecule has 0 saturated carbocycles. The van der Waals surface area contributed by atoms with Gasteiger partial charge in [0.05, 0.1) is 6.04 Å². The number of hydrogen-bond donors (Lipinski definition) is 1. The molecule has 0 radical (unpaired) electrons. The summed E-state index contributed by atoms with van der Waals surface area (Å²) in [6.45, 7) is 3.93. The number of thiophene rings is 1. The van der Waals surface area contributed by atoms with Gasteiger partial charge in [-0.05, 0) is 49.1 Å². The van der Waals surface area contributed by atoms with Crippen molar-refractivity contribution in [3.8, 4) is 0 Å². The summed E-state index contributed by atoms with van der Waals surface area (Å²) in [5.74, 6) is 1.35. The number of amides is 1. The first kappa shape index (κ1) is 16.3. The standard InChI is InChI=1S/C20H19NO2S/c1-14-5-8-16(9-6-14)20(18-4-3-13-24-18)21-19(22)12-11-17-10-7-15(2)23-17/h3-13,20H,1-2H3,(H,21,22)/b12-11+. The van der Waals surface area contributed by atoms with Crippen molar-refractivity contribution in [3.05, 3.63) is 87.5 Å². The highest BCUT2D eigenvalue weighted by Gasteiger charge is 2.16. The van der Waals surface area contributed by atoms with Crippen LogP contribution in [0.3, 0.4) is 0 Å². The smallest absolute Gasteiger partial charge is 0.244 e. The normalized spacial score (nSPS) is 12.4. The molecule has 0 aliphatic heterocycles. The number of benzene rings is 1. The zero-order valence-electron chi connectivity index (χ0n) is 13.7. The van der Waals surface area contributed by atoms with Gasteiger partial charge in [-0.3, -0.25) is 4.79 Å². The summed E-state index contributed by atoms with van der Waals surface area (Å²) in [6, 6.07) is 15.8. The van der Waals surface area contributed by atoms with Crippen LogP contribution in [0.25, 0.3) is 6.08 Å². The molecule has 0 aliphatic carbocycles. The Hall–Kier alpha value is -2.59. The molecule has 2 heterocycles. The van der Waals surface area contributed by atoms with Crippen molar-refractivity contribution in [2.45, 2.75) is 19.9 Å². The molecule has 1 unspecified atom stereocenters. The molecule has 0 saturated heterocycles. The first-order valence-corrected chi connectivity index (χ1v) is 8.65. The van der Waals surface area contributed by atoms with Crippen molar-refractivity contribution in [1.82, 2.24) is 5.32 Å². The Morgan fingerprint density at radius 3 is 2.54 bits per heavy atom. The molecule has 3 aromatic rings. The fraction of sp³-hybridized carbons (Fsp3) is 0.150. The molecule has 1 atom stereocenters. The molecule has 2 aromatic heterocycles. The summed E-state index contributed by atoms with van der Waals surface area (Å²) in [4.78, 5) is 13.4. The quantitative estimate of drug-likeness (QED) is 0.674. The van der Waals surface area contributed by atoms with E-state index in [1.54, 1.807) is 17.4 Å². The number of furan rings is 1. The summed E-state index contributed by atoms with van der Waals surface area (Å²) in [6.07, 6.45) is 3.19. The Morgan fingerprint density at radius 2 is 1.92 bits per heavy atom. The van der Waals surface area contributed by atoms with Crippen LogP contribution in [0.4, 0.5) is 0 Å². The second-order valence-electron chi connectivity index (χ2n) is 5.65.